The maximum absolute atomic E-state index is 13.0. The van der Waals surface area contributed by atoms with Gasteiger partial charge in [-0.3, -0.25) is 19.3 Å². The molecular weight excluding hydrogens is 408 g/mol. The van der Waals surface area contributed by atoms with E-state index in [9.17, 15) is 19.2 Å². The lowest BCUT2D eigenvalue weighted by Crippen LogP contribution is -2.50. The summed E-state index contributed by atoms with van der Waals surface area (Å²) in [7, 11) is 0. The highest BCUT2D eigenvalue weighted by atomic mass is 35.5. The zero-order valence-electron chi connectivity index (χ0n) is 16.7. The molecule has 2 fully saturated rings. The van der Waals surface area contributed by atoms with Crippen molar-refractivity contribution in [3.8, 4) is 0 Å². The summed E-state index contributed by atoms with van der Waals surface area (Å²) in [5.41, 5.74) is 0.404. The third-order valence-electron chi connectivity index (χ3n) is 6.15. The second kappa shape index (κ2) is 7.87. The minimum atomic E-state index is -1.05. The molecule has 30 heavy (non-hydrogen) atoms. The number of carbonyl (C=O) groups excluding carboxylic acids is 4. The van der Waals surface area contributed by atoms with Gasteiger partial charge >= 0.3 is 5.97 Å². The van der Waals surface area contributed by atoms with Gasteiger partial charge in [0.15, 0.2) is 6.61 Å². The second-order valence-electron chi connectivity index (χ2n) is 8.37. The zero-order valence-corrected chi connectivity index (χ0v) is 17.5. The molecule has 1 aromatic carbocycles. The molecule has 0 spiro atoms. The number of hydrogen-bond donors (Lipinski definition) is 1. The largest absolute Gasteiger partial charge is 0.454 e. The normalized spacial score (nSPS) is 27.5. The molecule has 7 nitrogen and oxygen atoms in total. The van der Waals surface area contributed by atoms with Crippen LogP contribution >= 0.6 is 11.6 Å². The topological polar surface area (TPSA) is 92.8 Å². The van der Waals surface area contributed by atoms with Crippen molar-refractivity contribution in [3.63, 3.8) is 0 Å². The third kappa shape index (κ3) is 3.41. The molecule has 158 valence electrons. The highest BCUT2D eigenvalue weighted by Gasteiger charge is 2.61. The number of halogens is 1. The van der Waals surface area contributed by atoms with Gasteiger partial charge in [-0.2, -0.15) is 0 Å². The van der Waals surface area contributed by atoms with Crippen molar-refractivity contribution < 1.29 is 23.9 Å². The molecule has 0 aromatic heterocycles. The molecule has 0 radical (unpaired) electrons. The van der Waals surface area contributed by atoms with Crippen LogP contribution in [0, 0.1) is 29.6 Å². The van der Waals surface area contributed by atoms with E-state index in [2.05, 4.69) is 5.32 Å². The van der Waals surface area contributed by atoms with E-state index in [1.807, 2.05) is 12.2 Å². The number of anilines is 1. The first-order valence-corrected chi connectivity index (χ1v) is 10.4. The Morgan fingerprint density at radius 1 is 1.13 bits per heavy atom. The Hall–Kier alpha value is -2.67. The summed E-state index contributed by atoms with van der Waals surface area (Å²) in [6.07, 6.45) is 4.82. The minimum Gasteiger partial charge on any atom is -0.454 e. The van der Waals surface area contributed by atoms with Gasteiger partial charge in [0.25, 0.3) is 5.91 Å². The maximum atomic E-state index is 13.0. The molecule has 1 aliphatic heterocycles. The number of rotatable bonds is 6. The van der Waals surface area contributed by atoms with E-state index in [0.717, 1.165) is 11.3 Å². The Morgan fingerprint density at radius 2 is 1.73 bits per heavy atom. The molecule has 1 aromatic rings. The number of carbonyl (C=O) groups is 4. The van der Waals surface area contributed by atoms with E-state index in [4.69, 9.17) is 16.3 Å². The predicted molar refractivity (Wildman–Crippen MR) is 109 cm³/mol. The van der Waals surface area contributed by atoms with Crippen LogP contribution in [0.1, 0.15) is 20.3 Å². The highest BCUT2D eigenvalue weighted by molar-refractivity contribution is 6.33. The van der Waals surface area contributed by atoms with Gasteiger partial charge in [0.05, 0.1) is 22.5 Å². The minimum absolute atomic E-state index is 0.0617. The Kier molecular flexibility index (Phi) is 5.40. The van der Waals surface area contributed by atoms with E-state index >= 15 is 0 Å². The number of esters is 1. The first-order chi connectivity index (χ1) is 14.3. The molecule has 1 N–H and O–H groups in total. The Morgan fingerprint density at radius 3 is 2.30 bits per heavy atom. The Bertz CT molecular complexity index is 913. The van der Waals surface area contributed by atoms with Crippen LogP contribution in [0.15, 0.2) is 36.4 Å². The number of amides is 3. The lowest BCUT2D eigenvalue weighted by molar-refractivity contribution is -0.162. The zero-order chi connectivity index (χ0) is 21.6. The van der Waals surface area contributed by atoms with Crippen molar-refractivity contribution in [1.29, 1.82) is 0 Å². The van der Waals surface area contributed by atoms with E-state index in [1.165, 1.54) is 0 Å². The SMILES string of the molecule is CC(C)[C@H](C(=O)OCC(=O)Nc1ccccc1Cl)N1C(=O)[C@@H]2[C@@H](C1=O)[C@H]1C=C[C@H]2C1. The molecule has 3 amide bonds. The number of para-hydroxylation sites is 1. The van der Waals surface area contributed by atoms with Crippen LogP contribution in [0.4, 0.5) is 5.69 Å². The fraction of sp³-hybridized carbons (Fsp3) is 0.455. The number of nitrogens with one attached hydrogen (secondary N) is 1. The Labute approximate surface area is 179 Å². The number of allylic oxidation sites excluding steroid dienone is 2. The number of benzene rings is 1. The van der Waals surface area contributed by atoms with Crippen molar-refractivity contribution in [2.45, 2.75) is 26.3 Å². The monoisotopic (exact) mass is 430 g/mol. The van der Waals surface area contributed by atoms with Gasteiger partial charge in [-0.05, 0) is 36.3 Å². The van der Waals surface area contributed by atoms with Crippen molar-refractivity contribution in [2.75, 3.05) is 11.9 Å². The van der Waals surface area contributed by atoms with Gasteiger partial charge in [-0.1, -0.05) is 49.7 Å². The molecule has 0 unspecified atom stereocenters. The Balaban J connectivity index is 1.43. The van der Waals surface area contributed by atoms with Crippen LogP contribution in [0.5, 0.6) is 0 Å². The molecule has 5 atom stereocenters. The molecule has 3 aliphatic rings. The third-order valence-corrected chi connectivity index (χ3v) is 6.48. The molecule has 1 heterocycles. The van der Waals surface area contributed by atoms with Gasteiger partial charge in [-0.25, -0.2) is 4.79 Å². The van der Waals surface area contributed by atoms with Crippen LogP contribution in [-0.2, 0) is 23.9 Å². The number of fused-ring (bicyclic) bond motifs is 5. The standard InChI is InChI=1S/C22H23ClN2O5/c1-11(2)19(22(29)30-10-16(26)24-15-6-4-3-5-14(15)23)25-20(27)17-12-7-8-13(9-12)18(17)21(25)28/h3-8,11-13,17-19H,9-10H2,1-2H3,(H,24,26)/t12-,13-,17-,18-,19+/m0/s1. The van der Waals surface area contributed by atoms with Crippen LogP contribution in [-0.4, -0.2) is 41.2 Å². The molecular formula is C22H23ClN2O5. The van der Waals surface area contributed by atoms with Gasteiger partial charge in [-0.15, -0.1) is 0 Å². The van der Waals surface area contributed by atoms with Crippen LogP contribution in [0.25, 0.3) is 0 Å². The van der Waals surface area contributed by atoms with E-state index in [-0.39, 0.29) is 41.4 Å². The predicted octanol–water partition coefficient (Wildman–Crippen LogP) is 2.65. The summed E-state index contributed by atoms with van der Waals surface area (Å²) in [5, 5.41) is 2.93. The number of hydrogen-bond acceptors (Lipinski definition) is 5. The van der Waals surface area contributed by atoms with Gasteiger partial charge in [0.2, 0.25) is 11.8 Å². The maximum Gasteiger partial charge on any atom is 0.330 e. The van der Waals surface area contributed by atoms with E-state index < -0.39 is 24.5 Å². The summed E-state index contributed by atoms with van der Waals surface area (Å²) in [6.45, 7) is 2.96. The number of ether oxygens (including phenoxy) is 1. The van der Waals surface area contributed by atoms with Crippen molar-refractivity contribution in [1.82, 2.24) is 4.90 Å². The molecule has 2 bridgehead atoms. The lowest BCUT2D eigenvalue weighted by atomic mass is 9.85. The number of likely N-dealkylation sites (tertiary alicyclic amines) is 1. The fourth-order valence-electron chi connectivity index (χ4n) is 4.85. The van der Waals surface area contributed by atoms with Crippen LogP contribution in [0.3, 0.4) is 0 Å². The summed E-state index contributed by atoms with van der Waals surface area (Å²) in [4.78, 5) is 52.1. The van der Waals surface area contributed by atoms with Crippen molar-refractivity contribution in [2.24, 2.45) is 29.6 Å². The molecule has 1 saturated carbocycles. The summed E-state index contributed by atoms with van der Waals surface area (Å²) >= 11 is 6.01. The van der Waals surface area contributed by atoms with Crippen LogP contribution in [0.2, 0.25) is 5.02 Å². The first kappa shape index (κ1) is 20.6. The molecule has 4 rings (SSSR count). The quantitative estimate of drug-likeness (QED) is 0.425. The molecule has 8 heteroatoms. The van der Waals surface area contributed by atoms with E-state index in [1.54, 1.807) is 38.1 Å². The number of imide groups is 1. The van der Waals surface area contributed by atoms with Crippen molar-refractivity contribution in [3.05, 3.63) is 41.4 Å². The van der Waals surface area contributed by atoms with Crippen LogP contribution < -0.4 is 5.32 Å². The van der Waals surface area contributed by atoms with Gasteiger partial charge in [0, 0.05) is 0 Å². The average Bonchev–Trinajstić information content (AvgIpc) is 3.38. The summed E-state index contributed by atoms with van der Waals surface area (Å²) in [5.74, 6) is -2.93. The van der Waals surface area contributed by atoms with Gasteiger partial charge in [0.1, 0.15) is 6.04 Å². The average molecular weight is 431 g/mol. The molecule has 2 aliphatic carbocycles. The summed E-state index contributed by atoms with van der Waals surface area (Å²) in [6, 6.07) is 5.64. The smallest absolute Gasteiger partial charge is 0.330 e. The van der Waals surface area contributed by atoms with Crippen molar-refractivity contribution >= 4 is 41.0 Å². The first-order valence-electron chi connectivity index (χ1n) is 10.1. The summed E-state index contributed by atoms with van der Waals surface area (Å²) < 4.78 is 5.18. The fourth-order valence-corrected chi connectivity index (χ4v) is 5.03. The highest BCUT2D eigenvalue weighted by Crippen LogP contribution is 2.53. The molecule has 1 saturated heterocycles. The van der Waals surface area contributed by atoms with E-state index in [0.29, 0.717) is 10.7 Å². The lowest BCUT2D eigenvalue weighted by Gasteiger charge is -2.28. The van der Waals surface area contributed by atoms with Gasteiger partial charge < -0.3 is 10.1 Å². The number of nitrogens with zero attached hydrogens (tertiary/aromatic N) is 1. The second-order valence-corrected chi connectivity index (χ2v) is 8.78.